The number of alkyl halides is 42. The lowest BCUT2D eigenvalue weighted by molar-refractivity contribution is 0.509. The molecule has 0 aromatic carbocycles. The van der Waals surface area contributed by atoms with E-state index in [1.807, 2.05) is 0 Å². The van der Waals surface area contributed by atoms with Crippen molar-refractivity contribution in [1.29, 1.82) is 0 Å². The van der Waals surface area contributed by atoms with Crippen molar-refractivity contribution in [1.82, 2.24) is 0 Å². The van der Waals surface area contributed by atoms with Crippen LogP contribution in [0.3, 0.4) is 0 Å². The largest absolute Gasteiger partial charge is 0.288 e. The first-order valence-electron chi connectivity index (χ1n) is 13.3. The van der Waals surface area contributed by atoms with Crippen LogP contribution in [0.25, 0.3) is 0 Å². The fraction of sp³-hybridized carbons (Fsp3) is 1.00. The third kappa shape index (κ3) is 15.9. The second kappa shape index (κ2) is 29.4. The van der Waals surface area contributed by atoms with Gasteiger partial charge in [0.2, 0.25) is 0 Å². The maximum atomic E-state index is 8.59. The summed E-state index contributed by atoms with van der Waals surface area (Å²) in [7, 11) is -3.12. The van der Waals surface area contributed by atoms with Crippen LogP contribution in [0, 0.1) is 0 Å². The van der Waals surface area contributed by atoms with Gasteiger partial charge in [0.15, 0.2) is 4.29 Å². The first-order valence-corrected chi connectivity index (χ1v) is 47.7. The summed E-state index contributed by atoms with van der Waals surface area (Å²) in [6, 6.07) is 0. The SMILES string of the molecule is BrC(Br)(Br)C(Br)(Br)C(Br)(Br)C(Br)(Br)C(Br)(Br)C(Br)(Br)C(Br)(Br)C(Br)(Br)C(Br)(Br)C(Br)(Br)C(Br)(Br)C(Br)(Br)C(Br)(Br)C(Br)(Br)C(Br)(Br)C(Br)(Br)C(Br)(Br)C(Br)(Br)C(Br)(Br)C(Br)(Br)Br.O=[SH](=O)O. The Morgan fingerprint density at radius 2 is 0.212 bits per heavy atom. The third-order valence-electron chi connectivity index (χ3n) is 7.42. The minimum Gasteiger partial charge on any atom is -0.288 e. The van der Waals surface area contributed by atoms with Gasteiger partial charge in [0, 0.05) is 0 Å². The van der Waals surface area contributed by atoms with E-state index in [-0.39, 0.29) is 0 Å². The minimum absolute atomic E-state index is 0.924. The molecule has 0 unspecified atom stereocenters. The average molecular weight is 3680 g/mol. The fourth-order valence-electron chi connectivity index (χ4n) is 3.51. The summed E-state index contributed by atoms with van der Waals surface area (Å²) in [5.74, 6) is 0. The molecular weight excluding hydrogens is 3680 g/mol. The van der Waals surface area contributed by atoms with Gasteiger partial charge in [0.1, 0.15) is 58.2 Å². The zero-order valence-electron chi connectivity index (χ0n) is 27.6. The predicted molar refractivity (Wildman–Crippen MR) is 442 cm³/mol. The Morgan fingerprint density at radius 1 is 0.167 bits per heavy atom. The Hall–Kier alpha value is 20.1. The van der Waals surface area contributed by atoms with Crippen LogP contribution in [0.5, 0.6) is 0 Å². The van der Waals surface area contributed by atoms with Crippen molar-refractivity contribution in [2.24, 2.45) is 0 Å². The minimum atomic E-state index is -3.12. The summed E-state index contributed by atoms with van der Waals surface area (Å²) < 4.78 is -0.722. The maximum Gasteiger partial charge on any atom is 0.254 e. The zero-order valence-corrected chi connectivity index (χ0v) is 95.1. The number of hydrogen-bond donors (Lipinski definition) is 2. The molecule has 0 fully saturated rings. The highest BCUT2D eigenvalue weighted by Crippen LogP contribution is 2.85. The van der Waals surface area contributed by atoms with E-state index in [1.54, 1.807) is 0 Å². The van der Waals surface area contributed by atoms with Gasteiger partial charge in [-0.25, -0.2) is 8.42 Å². The number of hydrogen-bond acceptors (Lipinski definition) is 2. The summed E-state index contributed by atoms with van der Waals surface area (Å²) in [6.45, 7) is 0. The van der Waals surface area contributed by atoms with E-state index in [9.17, 15) is 0 Å². The number of halogens is 42. The van der Waals surface area contributed by atoms with Gasteiger partial charge in [-0.1, -0.05) is 669 Å². The lowest BCUT2D eigenvalue weighted by Gasteiger charge is -2.62. The van der Waals surface area contributed by atoms with E-state index >= 15 is 0 Å². The molecule has 0 amide bonds. The van der Waals surface area contributed by atoms with Crippen molar-refractivity contribution >= 4 is 680 Å². The Bertz CT molecular complexity index is 1680. The lowest BCUT2D eigenvalue weighted by Crippen LogP contribution is -2.74. The summed E-state index contributed by atoms with van der Waals surface area (Å²) in [5.41, 5.74) is 0. The summed E-state index contributed by atoms with van der Waals surface area (Å²) in [4.78, 5) is 0. The van der Waals surface area contributed by atoms with Crippen molar-refractivity contribution < 1.29 is 13.0 Å². The van der Waals surface area contributed by atoms with Crippen molar-refractivity contribution in [2.45, 2.75) is 62.5 Å². The normalized spacial score (nSPS) is 17.0. The number of thiol groups is 1. The van der Waals surface area contributed by atoms with Crippen LogP contribution in [0.2, 0.25) is 0 Å². The molecule has 0 aliphatic heterocycles. The van der Waals surface area contributed by atoms with E-state index < -0.39 is 73.5 Å². The van der Waals surface area contributed by atoms with Crippen molar-refractivity contribution in [2.75, 3.05) is 0 Å². The van der Waals surface area contributed by atoms with E-state index in [0.717, 1.165) is 0 Å². The van der Waals surface area contributed by atoms with E-state index in [2.05, 4.69) is 669 Å². The molecule has 0 rings (SSSR count). The molecule has 0 aromatic rings. The molecule has 400 valence electrons. The van der Waals surface area contributed by atoms with Crippen LogP contribution < -0.4 is 0 Å². The Labute approximate surface area is 736 Å². The van der Waals surface area contributed by atoms with Crippen molar-refractivity contribution in [3.63, 3.8) is 0 Å². The molecule has 46 heteroatoms. The molecule has 0 saturated carbocycles. The van der Waals surface area contributed by atoms with Gasteiger partial charge in [-0.2, -0.15) is 0 Å². The maximum absolute atomic E-state index is 8.59. The van der Waals surface area contributed by atoms with Crippen molar-refractivity contribution in [3.05, 3.63) is 0 Å². The van der Waals surface area contributed by atoms with Crippen LogP contribution in [-0.4, -0.2) is 75.5 Å². The highest BCUT2D eigenvalue weighted by Gasteiger charge is 2.85. The van der Waals surface area contributed by atoms with Gasteiger partial charge in [0.05, 0.1) is 0 Å². The molecule has 3 nitrogen and oxygen atoms in total. The smallest absolute Gasteiger partial charge is 0.254 e. The standard InChI is InChI=1S/C20Br42.H2O3S/c21-1(22,3(25,26)5(29,30)7(33,34)9(37,38)11(41,42)13(45,46)15(49,50)17(53,54)19(57,58)59)2(23,24)4(27,28)6(31,32)8(35,36)10(39,40)12(43,44)14(47,48)16(51,52)18(55,56)20(60,61)62;1-4(2)3/h;4H,(H,1,2,3). The molecule has 0 bridgehead atoms. The monoisotopic (exact) mass is 3640 g/mol. The molecule has 66 heavy (non-hydrogen) atoms. The molecule has 0 heterocycles. The van der Waals surface area contributed by atoms with Crippen LogP contribution >= 0.6 is 669 Å². The lowest BCUT2D eigenvalue weighted by atomic mass is 10.0. The highest BCUT2D eigenvalue weighted by molar-refractivity contribution is 9.44. The summed E-state index contributed by atoms with van der Waals surface area (Å²) in [6.07, 6.45) is 0. The topological polar surface area (TPSA) is 54.4 Å². The second-order valence-electron chi connectivity index (χ2n) is 11.6. The van der Waals surface area contributed by atoms with Gasteiger partial charge >= 0.3 is 0 Å². The Balaban J connectivity index is 0. The summed E-state index contributed by atoms with van der Waals surface area (Å²) >= 11 is 165. The molecule has 0 radical (unpaired) electrons. The van der Waals surface area contributed by atoms with Crippen LogP contribution in [0.4, 0.5) is 0 Å². The zero-order chi connectivity index (χ0) is 55.6. The molecule has 0 aliphatic carbocycles. The quantitative estimate of drug-likeness (QED) is 0.0867. The van der Waals surface area contributed by atoms with E-state index in [1.165, 1.54) is 0 Å². The van der Waals surface area contributed by atoms with Gasteiger partial charge < -0.3 is 0 Å². The Morgan fingerprint density at radius 3 is 0.258 bits per heavy atom. The van der Waals surface area contributed by atoms with E-state index in [0.29, 0.717) is 0 Å². The van der Waals surface area contributed by atoms with Crippen LogP contribution in [0.1, 0.15) is 0 Å². The van der Waals surface area contributed by atoms with Crippen LogP contribution in [-0.2, 0) is 11.0 Å². The third-order valence-corrected chi connectivity index (χ3v) is 96.4. The van der Waals surface area contributed by atoms with Crippen molar-refractivity contribution in [3.8, 4) is 0 Å². The molecule has 1 N–H and O–H groups in total. The highest BCUT2D eigenvalue weighted by atomic mass is 80.0. The van der Waals surface area contributed by atoms with Gasteiger partial charge in [-0.05, 0) is 0 Å². The first-order chi connectivity index (χ1) is 27.5. The second-order valence-corrected chi connectivity index (χ2v) is 87.5. The average Bonchev–Trinajstić information content (AvgIpc) is 3.05. The first kappa shape index (κ1) is 88.1. The summed E-state index contributed by atoms with van der Waals surface area (Å²) in [5, 5.41) is 0. The van der Waals surface area contributed by atoms with Gasteiger partial charge in [0.25, 0.3) is 11.0 Å². The predicted octanol–water partition coefficient (Wildman–Crippen LogP) is 30.5. The van der Waals surface area contributed by atoms with E-state index in [4.69, 9.17) is 13.0 Å². The molecule has 0 aromatic heterocycles. The molecule has 0 spiro atoms. The van der Waals surface area contributed by atoms with Gasteiger partial charge in [-0.15, -0.1) is 0 Å². The molecule has 0 saturated heterocycles. The Kier molecular flexibility index (Phi) is 39.2. The fourth-order valence-corrected chi connectivity index (χ4v) is 45.7. The van der Waals surface area contributed by atoms with Gasteiger partial charge in [-0.3, -0.25) is 4.55 Å². The number of rotatable bonds is 17. The molecule has 0 aliphatic rings. The molecular formula is C20H2Br42O3S. The molecule has 0 atom stereocenters. The van der Waals surface area contributed by atoms with Crippen LogP contribution in [0.15, 0.2) is 0 Å².